The van der Waals surface area contributed by atoms with Gasteiger partial charge in [0.25, 0.3) is 0 Å². The first kappa shape index (κ1) is 12.3. The predicted octanol–water partition coefficient (Wildman–Crippen LogP) is 3.87. The maximum atomic E-state index is 6.21. The van der Waals surface area contributed by atoms with E-state index in [0.717, 1.165) is 34.7 Å². The van der Waals surface area contributed by atoms with E-state index in [0.29, 0.717) is 0 Å². The van der Waals surface area contributed by atoms with E-state index in [2.05, 4.69) is 41.0 Å². The zero-order valence-electron chi connectivity index (χ0n) is 11.1. The van der Waals surface area contributed by atoms with Crippen LogP contribution in [0.15, 0.2) is 36.5 Å². The molecular weight excluding hydrogens is 258 g/mol. The Hall–Kier alpha value is -1.74. The Labute approximate surface area is 117 Å². The number of hydrogen-bond acceptors (Lipinski definition) is 1. The van der Waals surface area contributed by atoms with Crippen LogP contribution in [0.25, 0.3) is 10.9 Å². The average Bonchev–Trinajstić information content (AvgIpc) is 2.95. The van der Waals surface area contributed by atoms with E-state index in [-0.39, 0.29) is 0 Å². The van der Waals surface area contributed by atoms with Gasteiger partial charge in [-0.15, -0.1) is 0 Å². The van der Waals surface area contributed by atoms with Crippen molar-refractivity contribution in [3.05, 3.63) is 52.9 Å². The normalized spacial score (nSPS) is 11.3. The highest BCUT2D eigenvalue weighted by atomic mass is 35.5. The molecule has 0 radical (unpaired) electrons. The van der Waals surface area contributed by atoms with Crippen molar-refractivity contribution in [3.63, 3.8) is 0 Å². The molecule has 0 aliphatic heterocycles. The lowest BCUT2D eigenvalue weighted by molar-refractivity contribution is 0.602. The lowest BCUT2D eigenvalue weighted by atomic mass is 10.2. The van der Waals surface area contributed by atoms with Crippen LogP contribution >= 0.6 is 11.6 Å². The molecule has 0 spiro atoms. The molecule has 3 aromatic rings. The molecular formula is C15H16ClN3. The maximum absolute atomic E-state index is 6.21. The SMILES string of the molecule is CCn1nc(C)cc1Cn1ccc2c(Cl)cccc21. The van der Waals surface area contributed by atoms with Crippen molar-refractivity contribution < 1.29 is 0 Å². The second-order valence-electron chi connectivity index (χ2n) is 4.71. The molecule has 2 aromatic heterocycles. The first-order valence-electron chi connectivity index (χ1n) is 6.45. The van der Waals surface area contributed by atoms with E-state index in [9.17, 15) is 0 Å². The van der Waals surface area contributed by atoms with Crippen molar-refractivity contribution >= 4 is 22.5 Å². The van der Waals surface area contributed by atoms with Gasteiger partial charge in [0.05, 0.1) is 17.9 Å². The van der Waals surface area contributed by atoms with Crippen LogP contribution < -0.4 is 0 Å². The van der Waals surface area contributed by atoms with Gasteiger partial charge in [-0.05, 0) is 38.1 Å². The molecule has 0 aliphatic rings. The first-order chi connectivity index (χ1) is 9.19. The second kappa shape index (κ2) is 4.74. The molecule has 0 fully saturated rings. The third-order valence-electron chi connectivity index (χ3n) is 3.38. The van der Waals surface area contributed by atoms with Crippen LogP contribution in [-0.4, -0.2) is 14.3 Å². The van der Waals surface area contributed by atoms with E-state index in [1.54, 1.807) is 0 Å². The molecule has 0 bridgehead atoms. The number of fused-ring (bicyclic) bond motifs is 1. The maximum Gasteiger partial charge on any atom is 0.0645 e. The minimum Gasteiger partial charge on any atom is -0.341 e. The van der Waals surface area contributed by atoms with Gasteiger partial charge in [0.2, 0.25) is 0 Å². The van der Waals surface area contributed by atoms with Crippen molar-refractivity contribution in [1.29, 1.82) is 0 Å². The molecule has 3 rings (SSSR count). The largest absolute Gasteiger partial charge is 0.341 e. The smallest absolute Gasteiger partial charge is 0.0645 e. The molecule has 0 amide bonds. The van der Waals surface area contributed by atoms with Gasteiger partial charge in [0.1, 0.15) is 0 Å². The van der Waals surface area contributed by atoms with Crippen molar-refractivity contribution in [2.24, 2.45) is 0 Å². The van der Waals surface area contributed by atoms with Gasteiger partial charge in [0, 0.05) is 28.7 Å². The van der Waals surface area contributed by atoms with E-state index in [1.807, 2.05) is 23.7 Å². The van der Waals surface area contributed by atoms with E-state index in [4.69, 9.17) is 11.6 Å². The Morgan fingerprint density at radius 3 is 2.89 bits per heavy atom. The molecule has 0 atom stereocenters. The highest BCUT2D eigenvalue weighted by molar-refractivity contribution is 6.35. The number of rotatable bonds is 3. The fraction of sp³-hybridized carbons (Fsp3) is 0.267. The number of aryl methyl sites for hydroxylation is 2. The molecule has 3 nitrogen and oxygen atoms in total. The van der Waals surface area contributed by atoms with Crippen LogP contribution in [0.5, 0.6) is 0 Å². The minimum absolute atomic E-state index is 0.802. The third kappa shape index (κ3) is 2.15. The average molecular weight is 274 g/mol. The van der Waals surface area contributed by atoms with Crippen LogP contribution in [0.4, 0.5) is 0 Å². The fourth-order valence-corrected chi connectivity index (χ4v) is 2.73. The van der Waals surface area contributed by atoms with E-state index in [1.165, 1.54) is 5.69 Å². The summed E-state index contributed by atoms with van der Waals surface area (Å²) in [4.78, 5) is 0. The first-order valence-corrected chi connectivity index (χ1v) is 6.83. The topological polar surface area (TPSA) is 22.8 Å². The zero-order valence-corrected chi connectivity index (χ0v) is 11.9. The van der Waals surface area contributed by atoms with Gasteiger partial charge in [-0.1, -0.05) is 17.7 Å². The standard InChI is InChI=1S/C15H16ClN3/c1-3-19-12(9-11(2)17-19)10-18-8-7-13-14(16)5-4-6-15(13)18/h4-9H,3,10H2,1-2H3. The van der Waals surface area contributed by atoms with Crippen LogP contribution in [0.1, 0.15) is 18.3 Å². The third-order valence-corrected chi connectivity index (χ3v) is 3.71. The van der Waals surface area contributed by atoms with Crippen molar-refractivity contribution in [2.45, 2.75) is 26.9 Å². The molecule has 2 heterocycles. The Morgan fingerprint density at radius 2 is 2.11 bits per heavy atom. The highest BCUT2D eigenvalue weighted by Crippen LogP contribution is 2.24. The Balaban J connectivity index is 2.03. The summed E-state index contributed by atoms with van der Waals surface area (Å²) in [5, 5.41) is 6.39. The van der Waals surface area contributed by atoms with Crippen LogP contribution in [0.2, 0.25) is 5.02 Å². The molecule has 19 heavy (non-hydrogen) atoms. The summed E-state index contributed by atoms with van der Waals surface area (Å²) in [7, 11) is 0. The molecule has 98 valence electrons. The van der Waals surface area contributed by atoms with Crippen molar-refractivity contribution in [2.75, 3.05) is 0 Å². The summed E-state index contributed by atoms with van der Waals surface area (Å²) in [6, 6.07) is 10.2. The monoisotopic (exact) mass is 273 g/mol. The molecule has 1 aromatic carbocycles. The van der Waals surface area contributed by atoms with Gasteiger partial charge in [-0.25, -0.2) is 0 Å². The van der Waals surface area contributed by atoms with Crippen molar-refractivity contribution in [1.82, 2.24) is 14.3 Å². The summed E-state index contributed by atoms with van der Waals surface area (Å²) < 4.78 is 4.26. The van der Waals surface area contributed by atoms with E-state index < -0.39 is 0 Å². The highest BCUT2D eigenvalue weighted by Gasteiger charge is 2.08. The molecule has 0 saturated heterocycles. The lowest BCUT2D eigenvalue weighted by Gasteiger charge is -2.07. The predicted molar refractivity (Wildman–Crippen MR) is 78.7 cm³/mol. The summed E-state index contributed by atoms with van der Waals surface area (Å²) in [5.41, 5.74) is 3.44. The summed E-state index contributed by atoms with van der Waals surface area (Å²) in [6.07, 6.45) is 2.08. The second-order valence-corrected chi connectivity index (χ2v) is 5.12. The van der Waals surface area contributed by atoms with Crippen LogP contribution in [-0.2, 0) is 13.1 Å². The number of hydrogen-bond donors (Lipinski definition) is 0. The van der Waals surface area contributed by atoms with Crippen LogP contribution in [0, 0.1) is 6.92 Å². The Kier molecular flexibility index (Phi) is 3.07. The van der Waals surface area contributed by atoms with Gasteiger partial charge in [0.15, 0.2) is 0 Å². The van der Waals surface area contributed by atoms with Crippen molar-refractivity contribution in [3.8, 4) is 0 Å². The van der Waals surface area contributed by atoms with Gasteiger partial charge >= 0.3 is 0 Å². The number of halogens is 1. The summed E-state index contributed by atoms with van der Waals surface area (Å²) in [5.74, 6) is 0. The molecule has 0 N–H and O–H groups in total. The molecule has 0 aliphatic carbocycles. The minimum atomic E-state index is 0.802. The quantitative estimate of drug-likeness (QED) is 0.710. The van der Waals surface area contributed by atoms with Gasteiger partial charge in [-0.3, -0.25) is 4.68 Å². The number of aromatic nitrogens is 3. The van der Waals surface area contributed by atoms with Gasteiger partial charge in [-0.2, -0.15) is 5.10 Å². The lowest BCUT2D eigenvalue weighted by Crippen LogP contribution is -2.07. The number of benzene rings is 1. The van der Waals surface area contributed by atoms with Crippen LogP contribution in [0.3, 0.4) is 0 Å². The fourth-order valence-electron chi connectivity index (χ4n) is 2.50. The van der Waals surface area contributed by atoms with E-state index >= 15 is 0 Å². The molecule has 0 unspecified atom stereocenters. The Morgan fingerprint density at radius 1 is 1.26 bits per heavy atom. The zero-order chi connectivity index (χ0) is 13.4. The number of nitrogens with zero attached hydrogens (tertiary/aromatic N) is 3. The van der Waals surface area contributed by atoms with Gasteiger partial charge < -0.3 is 4.57 Å². The Bertz CT molecular complexity index is 724. The summed E-state index contributed by atoms with van der Waals surface area (Å²) >= 11 is 6.21. The molecule has 4 heteroatoms. The summed E-state index contributed by atoms with van der Waals surface area (Å²) in [6.45, 7) is 5.85. The molecule has 0 saturated carbocycles.